The number of aryl methyl sites for hydroxylation is 1. The molecule has 0 N–H and O–H groups in total. The van der Waals surface area contributed by atoms with E-state index in [1.807, 2.05) is 19.1 Å². The van der Waals surface area contributed by atoms with Gasteiger partial charge in [-0.2, -0.15) is 0 Å². The maximum atomic E-state index is 12.0. The number of nitrogens with zero attached hydrogens (tertiary/aromatic N) is 2. The fourth-order valence-corrected chi connectivity index (χ4v) is 4.67. The van der Waals surface area contributed by atoms with E-state index >= 15 is 0 Å². The number of halogens is 1. The molecule has 0 bridgehead atoms. The number of rotatable bonds is 5. The Labute approximate surface area is 166 Å². The van der Waals surface area contributed by atoms with Crippen LogP contribution in [-0.4, -0.2) is 10.2 Å². The van der Waals surface area contributed by atoms with Gasteiger partial charge in [0.25, 0.3) is 5.22 Å². The van der Waals surface area contributed by atoms with Crippen molar-refractivity contribution >= 4 is 34.3 Å². The van der Waals surface area contributed by atoms with Crippen molar-refractivity contribution in [2.75, 3.05) is 0 Å². The molecule has 0 atom stereocenters. The van der Waals surface area contributed by atoms with Crippen LogP contribution in [-0.2, 0) is 12.2 Å². The van der Waals surface area contributed by atoms with E-state index in [2.05, 4.69) is 10.2 Å². The smallest absolute Gasteiger partial charge is 0.336 e. The maximum Gasteiger partial charge on any atom is 0.336 e. The van der Waals surface area contributed by atoms with E-state index < -0.39 is 0 Å². The highest BCUT2D eigenvalue weighted by atomic mass is 35.5. The summed E-state index contributed by atoms with van der Waals surface area (Å²) in [5, 5.41) is 10.5. The van der Waals surface area contributed by atoms with Crippen LogP contribution in [0, 0.1) is 0 Å². The summed E-state index contributed by atoms with van der Waals surface area (Å²) in [6.07, 6.45) is 6.76. The summed E-state index contributed by atoms with van der Waals surface area (Å²) >= 11 is 7.79. The Bertz CT molecular complexity index is 1010. The lowest BCUT2D eigenvalue weighted by Crippen LogP contribution is -2.04. The van der Waals surface area contributed by atoms with Crippen molar-refractivity contribution < 1.29 is 8.83 Å². The Hall–Kier alpha value is -1.79. The summed E-state index contributed by atoms with van der Waals surface area (Å²) in [4.78, 5) is 12.0. The van der Waals surface area contributed by atoms with E-state index in [9.17, 15) is 4.79 Å². The van der Waals surface area contributed by atoms with E-state index in [1.165, 1.54) is 37.1 Å². The predicted molar refractivity (Wildman–Crippen MR) is 107 cm³/mol. The molecule has 0 aliphatic heterocycles. The Morgan fingerprint density at radius 1 is 1.11 bits per heavy atom. The molecule has 1 saturated carbocycles. The normalized spacial score (nSPS) is 15.5. The van der Waals surface area contributed by atoms with E-state index in [1.54, 1.807) is 0 Å². The molecule has 3 aromatic rings. The van der Waals surface area contributed by atoms with Crippen molar-refractivity contribution in [1.82, 2.24) is 10.2 Å². The van der Waals surface area contributed by atoms with Gasteiger partial charge < -0.3 is 8.83 Å². The predicted octanol–water partition coefficient (Wildman–Crippen LogP) is 5.73. The molecule has 0 unspecified atom stereocenters. The summed E-state index contributed by atoms with van der Waals surface area (Å²) in [6, 6.07) is 5.23. The molecule has 2 heterocycles. The number of thioether (sulfide) groups is 1. The largest absolute Gasteiger partial charge is 0.423 e. The van der Waals surface area contributed by atoms with Crippen LogP contribution < -0.4 is 5.63 Å². The molecule has 1 aliphatic carbocycles. The van der Waals surface area contributed by atoms with Gasteiger partial charge in [0.05, 0.1) is 0 Å². The highest BCUT2D eigenvalue weighted by molar-refractivity contribution is 7.98. The third-order valence-corrected chi connectivity index (χ3v) is 6.32. The Kier molecular flexibility index (Phi) is 5.55. The van der Waals surface area contributed by atoms with Crippen molar-refractivity contribution in [3.63, 3.8) is 0 Å². The number of aromatic nitrogens is 2. The van der Waals surface area contributed by atoms with E-state index in [0.29, 0.717) is 27.5 Å². The van der Waals surface area contributed by atoms with Gasteiger partial charge in [0.1, 0.15) is 5.58 Å². The summed E-state index contributed by atoms with van der Waals surface area (Å²) < 4.78 is 11.2. The first-order valence-electron chi connectivity index (χ1n) is 9.35. The Morgan fingerprint density at radius 2 is 1.93 bits per heavy atom. The van der Waals surface area contributed by atoms with Crippen LogP contribution in [0.5, 0.6) is 0 Å². The number of benzene rings is 1. The molecule has 142 valence electrons. The van der Waals surface area contributed by atoms with Gasteiger partial charge in [0, 0.05) is 28.1 Å². The molecule has 1 aromatic carbocycles. The van der Waals surface area contributed by atoms with Gasteiger partial charge in [0.2, 0.25) is 5.89 Å². The first-order chi connectivity index (χ1) is 13.1. The van der Waals surface area contributed by atoms with Gasteiger partial charge in [-0.3, -0.25) is 0 Å². The second-order valence-corrected chi connectivity index (χ2v) is 8.25. The number of hydrogen-bond donors (Lipinski definition) is 0. The zero-order chi connectivity index (χ0) is 18.8. The molecule has 2 aromatic heterocycles. The average molecular weight is 405 g/mol. The molecule has 1 aliphatic rings. The summed E-state index contributed by atoms with van der Waals surface area (Å²) in [7, 11) is 0. The fraction of sp³-hybridized carbons (Fsp3) is 0.450. The van der Waals surface area contributed by atoms with Gasteiger partial charge in [-0.25, -0.2) is 4.79 Å². The molecule has 0 spiro atoms. The topological polar surface area (TPSA) is 69.1 Å². The lowest BCUT2D eigenvalue weighted by atomic mass is 9.89. The van der Waals surface area contributed by atoms with Crippen LogP contribution in [0.2, 0.25) is 5.02 Å². The minimum Gasteiger partial charge on any atom is -0.423 e. The van der Waals surface area contributed by atoms with Crippen LogP contribution in [0.3, 0.4) is 0 Å². The van der Waals surface area contributed by atoms with Crippen molar-refractivity contribution in [3.05, 3.63) is 50.7 Å². The van der Waals surface area contributed by atoms with Gasteiger partial charge in [0.15, 0.2) is 0 Å². The summed E-state index contributed by atoms with van der Waals surface area (Å²) in [5.74, 6) is 1.66. The van der Waals surface area contributed by atoms with Crippen LogP contribution in [0.1, 0.15) is 62.0 Å². The van der Waals surface area contributed by atoms with Crippen LogP contribution in [0.25, 0.3) is 11.0 Å². The second-order valence-electron chi connectivity index (χ2n) is 6.91. The molecule has 1 fully saturated rings. The van der Waals surface area contributed by atoms with E-state index in [4.69, 9.17) is 20.4 Å². The molecule has 4 rings (SSSR count). The highest BCUT2D eigenvalue weighted by Crippen LogP contribution is 2.34. The SMILES string of the molecule is CCc1cc2oc(=O)cc(CSc3nnc(C4CCCCC4)o3)c2cc1Cl. The molecule has 0 saturated heterocycles. The van der Waals surface area contributed by atoms with Crippen molar-refractivity contribution in [2.45, 2.75) is 62.3 Å². The molecular weight excluding hydrogens is 384 g/mol. The fourth-order valence-electron chi connectivity index (χ4n) is 3.61. The Morgan fingerprint density at radius 3 is 2.70 bits per heavy atom. The molecule has 27 heavy (non-hydrogen) atoms. The van der Waals surface area contributed by atoms with E-state index in [-0.39, 0.29) is 5.63 Å². The zero-order valence-electron chi connectivity index (χ0n) is 15.2. The van der Waals surface area contributed by atoms with Crippen LogP contribution in [0.15, 0.2) is 37.1 Å². The molecule has 0 amide bonds. The van der Waals surface area contributed by atoms with Crippen molar-refractivity contribution in [1.29, 1.82) is 0 Å². The lowest BCUT2D eigenvalue weighted by Gasteiger charge is -2.17. The molecular formula is C20H21ClN2O3S. The lowest BCUT2D eigenvalue weighted by molar-refractivity contribution is 0.334. The third kappa shape index (κ3) is 4.06. The van der Waals surface area contributed by atoms with Crippen molar-refractivity contribution in [3.8, 4) is 0 Å². The summed E-state index contributed by atoms with van der Waals surface area (Å²) in [5.41, 5.74) is 2.02. The first kappa shape index (κ1) is 18.6. The van der Waals surface area contributed by atoms with Gasteiger partial charge in [-0.15, -0.1) is 10.2 Å². The third-order valence-electron chi connectivity index (χ3n) is 5.11. The molecule has 7 heteroatoms. The highest BCUT2D eigenvalue weighted by Gasteiger charge is 2.21. The number of hydrogen-bond acceptors (Lipinski definition) is 6. The molecule has 5 nitrogen and oxygen atoms in total. The average Bonchev–Trinajstić information content (AvgIpc) is 3.16. The standard InChI is InChI=1S/C20H21ClN2O3S/c1-2-12-8-17-15(10-16(12)21)14(9-18(24)25-17)11-27-20-23-22-19(26-20)13-6-4-3-5-7-13/h8-10,13H,2-7,11H2,1H3. The second kappa shape index (κ2) is 8.07. The maximum absolute atomic E-state index is 12.0. The van der Waals surface area contributed by atoms with Gasteiger partial charge in [-0.05, 0) is 42.5 Å². The summed E-state index contributed by atoms with van der Waals surface area (Å²) in [6.45, 7) is 2.02. The van der Waals surface area contributed by atoms with Gasteiger partial charge >= 0.3 is 5.63 Å². The van der Waals surface area contributed by atoms with Gasteiger partial charge in [-0.1, -0.05) is 49.5 Å². The van der Waals surface area contributed by atoms with Crippen LogP contribution in [0.4, 0.5) is 0 Å². The minimum atomic E-state index is -0.365. The zero-order valence-corrected chi connectivity index (χ0v) is 16.7. The molecule has 0 radical (unpaired) electrons. The minimum absolute atomic E-state index is 0.365. The monoisotopic (exact) mass is 404 g/mol. The van der Waals surface area contributed by atoms with E-state index in [0.717, 1.165) is 41.7 Å². The Balaban J connectivity index is 1.56. The quantitative estimate of drug-likeness (QED) is 0.399. The first-order valence-corrected chi connectivity index (χ1v) is 10.7. The van der Waals surface area contributed by atoms with Crippen molar-refractivity contribution in [2.24, 2.45) is 0 Å². The van der Waals surface area contributed by atoms with Crippen LogP contribution >= 0.6 is 23.4 Å². The number of fused-ring (bicyclic) bond motifs is 1.